The number of nitrogens with one attached hydrogen (secondary N) is 1. The zero-order chi connectivity index (χ0) is 8.97. The van der Waals surface area contributed by atoms with Gasteiger partial charge in [0, 0.05) is 6.54 Å². The van der Waals surface area contributed by atoms with Crippen LogP contribution in [0, 0.1) is 5.82 Å². The molecule has 0 aliphatic rings. The lowest BCUT2D eigenvalue weighted by molar-refractivity contribution is 0.631. The third kappa shape index (κ3) is 2.38. The fraction of sp³-hybridized carbons (Fsp3) is 0.200. The highest BCUT2D eigenvalue weighted by Gasteiger charge is 1.97. The van der Waals surface area contributed by atoms with Gasteiger partial charge in [-0.3, -0.25) is 0 Å². The van der Waals surface area contributed by atoms with Crippen LogP contribution in [-0.4, -0.2) is 6.54 Å². The van der Waals surface area contributed by atoms with Gasteiger partial charge in [-0.25, -0.2) is 4.39 Å². The van der Waals surface area contributed by atoms with Crippen molar-refractivity contribution in [1.29, 1.82) is 0 Å². The Morgan fingerprint density at radius 2 is 2.17 bits per heavy atom. The van der Waals surface area contributed by atoms with Crippen LogP contribution in [0.3, 0.4) is 0 Å². The molecule has 0 fully saturated rings. The fourth-order valence-electron chi connectivity index (χ4n) is 0.851. The van der Waals surface area contributed by atoms with Crippen molar-refractivity contribution in [1.82, 2.24) is 0 Å². The molecule has 1 rings (SSSR count). The number of para-hydroxylation sites is 1. The summed E-state index contributed by atoms with van der Waals surface area (Å²) in [6.07, 6.45) is 0. The zero-order valence-corrected chi connectivity index (χ0v) is 7.10. The third-order valence-corrected chi connectivity index (χ3v) is 1.45. The summed E-state index contributed by atoms with van der Waals surface area (Å²) in [5, 5.41) is 2.94. The standard InChI is InChI=1S/C10H12FN/c1-8(2)7-12-10-6-4-3-5-9(10)11/h3-6,12H,1,7H2,2H3. The maximum atomic E-state index is 12.9. The van der Waals surface area contributed by atoms with Gasteiger partial charge in [0.1, 0.15) is 5.82 Å². The molecule has 12 heavy (non-hydrogen) atoms. The molecule has 0 aromatic heterocycles. The van der Waals surface area contributed by atoms with E-state index in [4.69, 9.17) is 0 Å². The van der Waals surface area contributed by atoms with Crippen molar-refractivity contribution in [3.8, 4) is 0 Å². The third-order valence-electron chi connectivity index (χ3n) is 1.45. The lowest BCUT2D eigenvalue weighted by atomic mass is 10.3. The second kappa shape index (κ2) is 3.90. The molecule has 2 heteroatoms. The molecule has 64 valence electrons. The van der Waals surface area contributed by atoms with E-state index in [9.17, 15) is 4.39 Å². The molecule has 0 bridgehead atoms. The summed E-state index contributed by atoms with van der Waals surface area (Å²) < 4.78 is 12.9. The largest absolute Gasteiger partial charge is 0.379 e. The van der Waals surface area contributed by atoms with Crippen LogP contribution < -0.4 is 5.32 Å². The molecule has 0 amide bonds. The molecule has 0 aliphatic heterocycles. The number of benzene rings is 1. The van der Waals surface area contributed by atoms with Crippen molar-refractivity contribution in [2.24, 2.45) is 0 Å². The zero-order valence-electron chi connectivity index (χ0n) is 7.10. The summed E-state index contributed by atoms with van der Waals surface area (Å²) in [5.41, 5.74) is 1.51. The van der Waals surface area contributed by atoms with Crippen molar-refractivity contribution < 1.29 is 4.39 Å². The fourth-order valence-corrected chi connectivity index (χ4v) is 0.851. The normalized spacial score (nSPS) is 9.50. The Kier molecular flexibility index (Phi) is 2.86. The number of hydrogen-bond donors (Lipinski definition) is 1. The van der Waals surface area contributed by atoms with Crippen LogP contribution in [0.4, 0.5) is 10.1 Å². The minimum Gasteiger partial charge on any atom is -0.379 e. The Labute approximate surface area is 71.9 Å². The van der Waals surface area contributed by atoms with Gasteiger partial charge < -0.3 is 5.32 Å². The predicted molar refractivity (Wildman–Crippen MR) is 49.7 cm³/mol. The second-order valence-corrected chi connectivity index (χ2v) is 2.79. The predicted octanol–water partition coefficient (Wildman–Crippen LogP) is 2.81. The first kappa shape index (κ1) is 8.78. The minimum atomic E-state index is -0.223. The van der Waals surface area contributed by atoms with Crippen molar-refractivity contribution >= 4 is 5.69 Å². The molecule has 0 spiro atoms. The molecule has 1 aromatic carbocycles. The van der Waals surface area contributed by atoms with Gasteiger partial charge in [0.2, 0.25) is 0 Å². The second-order valence-electron chi connectivity index (χ2n) is 2.79. The SMILES string of the molecule is C=C(C)CNc1ccccc1F. The molecule has 1 N–H and O–H groups in total. The van der Waals surface area contributed by atoms with Crippen LogP contribution >= 0.6 is 0 Å². The Morgan fingerprint density at radius 3 is 2.75 bits per heavy atom. The summed E-state index contributed by atoms with van der Waals surface area (Å²) in [6.45, 7) is 6.22. The average molecular weight is 165 g/mol. The van der Waals surface area contributed by atoms with Gasteiger partial charge in [-0.15, -0.1) is 0 Å². The van der Waals surface area contributed by atoms with E-state index in [1.807, 2.05) is 6.92 Å². The average Bonchev–Trinajstić information content (AvgIpc) is 2.03. The Hall–Kier alpha value is -1.31. The highest BCUT2D eigenvalue weighted by Crippen LogP contribution is 2.12. The minimum absolute atomic E-state index is 0.223. The number of hydrogen-bond acceptors (Lipinski definition) is 1. The topological polar surface area (TPSA) is 12.0 Å². The first-order chi connectivity index (χ1) is 5.70. The van der Waals surface area contributed by atoms with E-state index in [1.54, 1.807) is 18.2 Å². The van der Waals surface area contributed by atoms with Gasteiger partial charge in [-0.2, -0.15) is 0 Å². The van der Waals surface area contributed by atoms with E-state index in [1.165, 1.54) is 6.07 Å². The molecular formula is C10H12FN. The Balaban J connectivity index is 2.63. The maximum Gasteiger partial charge on any atom is 0.146 e. The van der Waals surface area contributed by atoms with Crippen LogP contribution in [-0.2, 0) is 0 Å². The van der Waals surface area contributed by atoms with E-state index in [0.29, 0.717) is 12.2 Å². The van der Waals surface area contributed by atoms with Crippen molar-refractivity contribution in [3.05, 3.63) is 42.2 Å². The van der Waals surface area contributed by atoms with Crippen molar-refractivity contribution in [3.63, 3.8) is 0 Å². The number of anilines is 1. The maximum absolute atomic E-state index is 12.9. The Bertz CT molecular complexity index is 281. The summed E-state index contributed by atoms with van der Waals surface area (Å²) in [5.74, 6) is -0.223. The first-order valence-electron chi connectivity index (χ1n) is 3.83. The van der Waals surface area contributed by atoms with Crippen LogP contribution in [0.2, 0.25) is 0 Å². The van der Waals surface area contributed by atoms with Gasteiger partial charge in [0.05, 0.1) is 5.69 Å². The lowest BCUT2D eigenvalue weighted by Gasteiger charge is -2.05. The van der Waals surface area contributed by atoms with E-state index >= 15 is 0 Å². The molecule has 0 unspecified atom stereocenters. The van der Waals surface area contributed by atoms with E-state index in [0.717, 1.165) is 5.57 Å². The van der Waals surface area contributed by atoms with Gasteiger partial charge in [-0.1, -0.05) is 24.3 Å². The first-order valence-corrected chi connectivity index (χ1v) is 3.83. The summed E-state index contributed by atoms with van der Waals surface area (Å²) in [7, 11) is 0. The highest BCUT2D eigenvalue weighted by atomic mass is 19.1. The van der Waals surface area contributed by atoms with Crippen LogP contribution in [0.15, 0.2) is 36.4 Å². The van der Waals surface area contributed by atoms with E-state index in [-0.39, 0.29) is 5.82 Å². The molecular weight excluding hydrogens is 153 g/mol. The highest BCUT2D eigenvalue weighted by molar-refractivity contribution is 5.45. The van der Waals surface area contributed by atoms with E-state index in [2.05, 4.69) is 11.9 Å². The number of halogens is 1. The van der Waals surface area contributed by atoms with Crippen LogP contribution in [0.5, 0.6) is 0 Å². The van der Waals surface area contributed by atoms with Crippen LogP contribution in [0.1, 0.15) is 6.92 Å². The quantitative estimate of drug-likeness (QED) is 0.679. The summed E-state index contributed by atoms with van der Waals surface area (Å²) in [4.78, 5) is 0. The molecule has 0 aliphatic carbocycles. The van der Waals surface area contributed by atoms with Gasteiger partial charge in [0.25, 0.3) is 0 Å². The molecule has 0 radical (unpaired) electrons. The monoisotopic (exact) mass is 165 g/mol. The van der Waals surface area contributed by atoms with Crippen molar-refractivity contribution in [2.45, 2.75) is 6.92 Å². The summed E-state index contributed by atoms with van der Waals surface area (Å²) in [6, 6.07) is 6.60. The van der Waals surface area contributed by atoms with Gasteiger partial charge >= 0.3 is 0 Å². The molecule has 0 heterocycles. The van der Waals surface area contributed by atoms with Crippen LogP contribution in [0.25, 0.3) is 0 Å². The van der Waals surface area contributed by atoms with Gasteiger partial charge in [0.15, 0.2) is 0 Å². The van der Waals surface area contributed by atoms with Crippen molar-refractivity contribution in [2.75, 3.05) is 11.9 Å². The smallest absolute Gasteiger partial charge is 0.146 e. The number of rotatable bonds is 3. The molecule has 1 nitrogen and oxygen atoms in total. The van der Waals surface area contributed by atoms with E-state index < -0.39 is 0 Å². The lowest BCUT2D eigenvalue weighted by Crippen LogP contribution is -2.03. The molecule has 0 atom stereocenters. The molecule has 0 saturated carbocycles. The van der Waals surface area contributed by atoms with Gasteiger partial charge in [-0.05, 0) is 19.1 Å². The molecule has 1 aromatic rings. The Morgan fingerprint density at radius 1 is 1.50 bits per heavy atom. The molecule has 0 saturated heterocycles. The summed E-state index contributed by atoms with van der Waals surface area (Å²) >= 11 is 0.